The molecular formula is C22H20N2O4S. The number of nitrogens with zero attached hydrogens (tertiary/aromatic N) is 1. The Bertz CT molecular complexity index is 1040. The molecule has 0 unspecified atom stereocenters. The number of aryl methyl sites for hydroxylation is 1. The summed E-state index contributed by atoms with van der Waals surface area (Å²) < 4.78 is 5.06. The second-order valence-corrected chi connectivity index (χ2v) is 7.17. The van der Waals surface area contributed by atoms with Crippen LogP contribution in [0.2, 0.25) is 0 Å². The van der Waals surface area contributed by atoms with Crippen LogP contribution in [-0.4, -0.2) is 29.3 Å². The van der Waals surface area contributed by atoms with E-state index in [1.807, 2.05) is 24.3 Å². The zero-order valence-electron chi connectivity index (χ0n) is 16.1. The van der Waals surface area contributed by atoms with Crippen molar-refractivity contribution in [3.63, 3.8) is 0 Å². The van der Waals surface area contributed by atoms with E-state index >= 15 is 0 Å². The zero-order chi connectivity index (χ0) is 20.8. The fourth-order valence-corrected chi connectivity index (χ4v) is 3.47. The van der Waals surface area contributed by atoms with Gasteiger partial charge in [-0.05, 0) is 31.0 Å². The number of para-hydroxylation sites is 1. The molecule has 0 aliphatic rings. The molecule has 1 aromatic heterocycles. The van der Waals surface area contributed by atoms with E-state index in [9.17, 15) is 14.4 Å². The highest BCUT2D eigenvalue weighted by Crippen LogP contribution is 2.24. The largest absolute Gasteiger partial charge is 0.451 e. The van der Waals surface area contributed by atoms with E-state index in [0.29, 0.717) is 16.3 Å². The number of Topliss-reactive ketones (excluding diaryl/α,β-unsaturated/α-hetero) is 1. The fraction of sp³-hybridized carbons (Fsp3) is 0.182. The number of benzene rings is 2. The summed E-state index contributed by atoms with van der Waals surface area (Å²) in [4.78, 5) is 40.2. The summed E-state index contributed by atoms with van der Waals surface area (Å²) in [5.74, 6) is -1.37. The summed E-state index contributed by atoms with van der Waals surface area (Å²) in [6.07, 6.45) is 0.953. The van der Waals surface area contributed by atoms with Crippen molar-refractivity contribution in [3.8, 4) is 10.6 Å². The quantitative estimate of drug-likeness (QED) is 0.463. The lowest BCUT2D eigenvalue weighted by molar-refractivity contribution is -0.119. The Hall–Kier alpha value is -3.32. The lowest BCUT2D eigenvalue weighted by Crippen LogP contribution is -2.22. The molecular weight excluding hydrogens is 388 g/mol. The number of ketones is 1. The first kappa shape index (κ1) is 20.4. The number of thiazole rings is 1. The standard InChI is InChI=1S/C22H20N2O4S/c1-3-15-8-10-16(11-9-15)21-24-19(13-29-21)22(27)28-12-20(26)23-18-7-5-4-6-17(18)14(2)25/h4-11,13H,3,12H2,1-2H3,(H,23,26). The molecule has 3 rings (SSSR count). The summed E-state index contributed by atoms with van der Waals surface area (Å²) in [5.41, 5.74) is 3.08. The van der Waals surface area contributed by atoms with Gasteiger partial charge in [0.05, 0.1) is 5.69 Å². The monoisotopic (exact) mass is 408 g/mol. The van der Waals surface area contributed by atoms with Crippen LogP contribution in [-0.2, 0) is 16.0 Å². The molecule has 0 saturated carbocycles. The number of nitrogens with one attached hydrogen (secondary N) is 1. The average Bonchev–Trinajstić information content (AvgIpc) is 3.22. The number of rotatable bonds is 7. The maximum atomic E-state index is 12.2. The fourth-order valence-electron chi connectivity index (χ4n) is 2.67. The van der Waals surface area contributed by atoms with Gasteiger partial charge in [0.2, 0.25) is 0 Å². The Labute approximate surface area is 172 Å². The van der Waals surface area contributed by atoms with Crippen molar-refractivity contribution in [1.82, 2.24) is 4.98 Å². The minimum Gasteiger partial charge on any atom is -0.451 e. The molecule has 1 N–H and O–H groups in total. The van der Waals surface area contributed by atoms with Crippen molar-refractivity contribution in [2.24, 2.45) is 0 Å². The number of amides is 1. The van der Waals surface area contributed by atoms with Crippen LogP contribution < -0.4 is 5.32 Å². The first-order chi connectivity index (χ1) is 14.0. The summed E-state index contributed by atoms with van der Waals surface area (Å²) in [6.45, 7) is 3.03. The summed E-state index contributed by atoms with van der Waals surface area (Å²) in [5, 5.41) is 4.90. The molecule has 1 heterocycles. The summed E-state index contributed by atoms with van der Waals surface area (Å²) >= 11 is 1.34. The van der Waals surface area contributed by atoms with Crippen molar-refractivity contribution >= 4 is 34.7 Å². The predicted octanol–water partition coefficient (Wildman–Crippen LogP) is 4.37. The molecule has 1 amide bonds. The molecule has 0 spiro atoms. The molecule has 6 nitrogen and oxygen atoms in total. The van der Waals surface area contributed by atoms with Gasteiger partial charge in [-0.1, -0.05) is 43.3 Å². The first-order valence-corrected chi connectivity index (χ1v) is 9.97. The Morgan fingerprint density at radius 2 is 1.79 bits per heavy atom. The number of anilines is 1. The van der Waals surface area contributed by atoms with Crippen molar-refractivity contribution in [1.29, 1.82) is 0 Å². The molecule has 7 heteroatoms. The number of carbonyl (C=O) groups is 3. The molecule has 29 heavy (non-hydrogen) atoms. The van der Waals surface area contributed by atoms with E-state index in [4.69, 9.17) is 4.74 Å². The van der Waals surface area contributed by atoms with Gasteiger partial charge in [-0.15, -0.1) is 11.3 Å². The number of carbonyl (C=O) groups excluding carboxylic acids is 3. The Balaban J connectivity index is 1.59. The maximum Gasteiger partial charge on any atom is 0.358 e. The highest BCUT2D eigenvalue weighted by Gasteiger charge is 2.16. The Morgan fingerprint density at radius 3 is 2.48 bits per heavy atom. The Morgan fingerprint density at radius 1 is 1.07 bits per heavy atom. The van der Waals surface area contributed by atoms with Gasteiger partial charge in [-0.25, -0.2) is 9.78 Å². The topological polar surface area (TPSA) is 85.4 Å². The molecule has 3 aromatic rings. The van der Waals surface area contributed by atoms with Gasteiger partial charge in [0.15, 0.2) is 18.1 Å². The van der Waals surface area contributed by atoms with E-state index in [1.54, 1.807) is 29.6 Å². The molecule has 2 aromatic carbocycles. The second kappa shape index (κ2) is 9.25. The predicted molar refractivity (Wildman–Crippen MR) is 112 cm³/mol. The average molecular weight is 408 g/mol. The van der Waals surface area contributed by atoms with Crippen molar-refractivity contribution in [2.75, 3.05) is 11.9 Å². The van der Waals surface area contributed by atoms with Crippen LogP contribution in [0.25, 0.3) is 10.6 Å². The molecule has 0 aliphatic heterocycles. The SMILES string of the molecule is CCc1ccc(-c2nc(C(=O)OCC(=O)Nc3ccccc3C(C)=O)cs2)cc1. The van der Waals surface area contributed by atoms with Gasteiger partial charge in [-0.3, -0.25) is 9.59 Å². The van der Waals surface area contributed by atoms with E-state index in [0.717, 1.165) is 12.0 Å². The molecule has 0 radical (unpaired) electrons. The van der Waals surface area contributed by atoms with Crippen LogP contribution in [0.4, 0.5) is 5.69 Å². The number of aromatic nitrogens is 1. The maximum absolute atomic E-state index is 12.2. The van der Waals surface area contributed by atoms with Gasteiger partial charge >= 0.3 is 5.97 Å². The van der Waals surface area contributed by atoms with Gasteiger partial charge in [-0.2, -0.15) is 0 Å². The number of esters is 1. The lowest BCUT2D eigenvalue weighted by Gasteiger charge is -2.09. The van der Waals surface area contributed by atoms with E-state index < -0.39 is 18.5 Å². The third kappa shape index (κ3) is 5.14. The van der Waals surface area contributed by atoms with Crippen LogP contribution in [0, 0.1) is 0 Å². The smallest absolute Gasteiger partial charge is 0.358 e. The van der Waals surface area contributed by atoms with Crippen molar-refractivity contribution in [2.45, 2.75) is 20.3 Å². The second-order valence-electron chi connectivity index (χ2n) is 6.31. The van der Waals surface area contributed by atoms with Crippen LogP contribution in [0.5, 0.6) is 0 Å². The van der Waals surface area contributed by atoms with Crippen LogP contribution >= 0.6 is 11.3 Å². The highest BCUT2D eigenvalue weighted by atomic mass is 32.1. The summed E-state index contributed by atoms with van der Waals surface area (Å²) in [7, 11) is 0. The first-order valence-electron chi connectivity index (χ1n) is 9.09. The number of ether oxygens (including phenoxy) is 1. The van der Waals surface area contributed by atoms with Gasteiger partial charge in [0.25, 0.3) is 5.91 Å². The highest BCUT2D eigenvalue weighted by molar-refractivity contribution is 7.13. The van der Waals surface area contributed by atoms with Crippen LogP contribution in [0.3, 0.4) is 0 Å². The molecule has 0 saturated heterocycles. The minimum atomic E-state index is -0.673. The van der Waals surface area contributed by atoms with Gasteiger partial charge in [0, 0.05) is 16.5 Å². The van der Waals surface area contributed by atoms with E-state index in [1.165, 1.54) is 23.8 Å². The van der Waals surface area contributed by atoms with Gasteiger partial charge < -0.3 is 10.1 Å². The molecule has 0 atom stereocenters. The normalized spacial score (nSPS) is 10.4. The van der Waals surface area contributed by atoms with Crippen molar-refractivity contribution in [3.05, 3.63) is 70.7 Å². The Kier molecular flexibility index (Phi) is 6.51. The number of hydrogen-bond acceptors (Lipinski definition) is 6. The van der Waals surface area contributed by atoms with E-state index in [2.05, 4.69) is 17.2 Å². The zero-order valence-corrected chi connectivity index (χ0v) is 16.9. The molecule has 0 aliphatic carbocycles. The molecule has 0 fully saturated rings. The third-order valence-corrected chi connectivity index (χ3v) is 5.13. The molecule has 148 valence electrons. The minimum absolute atomic E-state index is 0.154. The van der Waals surface area contributed by atoms with E-state index in [-0.39, 0.29) is 11.5 Å². The van der Waals surface area contributed by atoms with Crippen molar-refractivity contribution < 1.29 is 19.1 Å². The summed E-state index contributed by atoms with van der Waals surface area (Å²) in [6, 6.07) is 14.6. The van der Waals surface area contributed by atoms with Gasteiger partial charge in [0.1, 0.15) is 5.01 Å². The van der Waals surface area contributed by atoms with Crippen LogP contribution in [0.15, 0.2) is 53.9 Å². The number of hydrogen-bond donors (Lipinski definition) is 1. The lowest BCUT2D eigenvalue weighted by atomic mass is 10.1. The van der Waals surface area contributed by atoms with Crippen LogP contribution in [0.1, 0.15) is 40.3 Å². The third-order valence-electron chi connectivity index (χ3n) is 4.24. The molecule has 0 bridgehead atoms.